The molecule has 0 aromatic heterocycles. The average molecular weight is 235 g/mol. The number of rotatable bonds is 4. The fourth-order valence-electron chi connectivity index (χ4n) is 1.94. The summed E-state index contributed by atoms with van der Waals surface area (Å²) < 4.78 is 23.0. The molecule has 0 aliphatic carbocycles. The third-order valence-corrected chi connectivity index (χ3v) is 4.70. The first-order valence-electron chi connectivity index (χ1n) is 5.45. The second kappa shape index (κ2) is 4.80. The topological polar surface area (TPSA) is 66.4 Å². The Balaban J connectivity index is 2.67. The molecule has 1 aliphatic rings. The van der Waals surface area contributed by atoms with Crippen molar-refractivity contribution in [2.24, 2.45) is 5.92 Å². The maximum atomic E-state index is 11.5. The van der Waals surface area contributed by atoms with E-state index in [1.807, 2.05) is 0 Å². The summed E-state index contributed by atoms with van der Waals surface area (Å²) in [4.78, 5) is 0. The first-order valence-corrected chi connectivity index (χ1v) is 7.28. The van der Waals surface area contributed by atoms with Crippen LogP contribution >= 0.6 is 0 Å². The van der Waals surface area contributed by atoms with Crippen molar-refractivity contribution >= 4 is 9.84 Å². The SMILES string of the molecule is CC(C)CNC1(CO)CCCS(=O)(=O)C1. The molecule has 2 N–H and O–H groups in total. The summed E-state index contributed by atoms with van der Waals surface area (Å²) in [5, 5.41) is 12.6. The third kappa shape index (κ3) is 3.74. The van der Waals surface area contributed by atoms with Crippen molar-refractivity contribution in [3.63, 3.8) is 0 Å². The van der Waals surface area contributed by atoms with E-state index in [9.17, 15) is 13.5 Å². The van der Waals surface area contributed by atoms with Crippen molar-refractivity contribution in [2.45, 2.75) is 32.2 Å². The molecule has 1 atom stereocenters. The highest BCUT2D eigenvalue weighted by atomic mass is 32.2. The summed E-state index contributed by atoms with van der Waals surface area (Å²) in [6, 6.07) is 0. The van der Waals surface area contributed by atoms with Crippen LogP contribution < -0.4 is 5.32 Å². The van der Waals surface area contributed by atoms with E-state index in [0.717, 1.165) is 13.0 Å². The van der Waals surface area contributed by atoms with Gasteiger partial charge >= 0.3 is 0 Å². The van der Waals surface area contributed by atoms with Crippen molar-refractivity contribution in [1.29, 1.82) is 0 Å². The summed E-state index contributed by atoms with van der Waals surface area (Å²) in [7, 11) is -2.97. The molecule has 1 rings (SSSR count). The summed E-state index contributed by atoms with van der Waals surface area (Å²) in [5.41, 5.74) is -0.596. The zero-order chi connectivity index (χ0) is 11.5. The highest BCUT2D eigenvalue weighted by molar-refractivity contribution is 7.91. The van der Waals surface area contributed by atoms with E-state index >= 15 is 0 Å². The first-order chi connectivity index (χ1) is 6.89. The molecule has 1 heterocycles. The Morgan fingerprint density at radius 1 is 1.47 bits per heavy atom. The van der Waals surface area contributed by atoms with Crippen LogP contribution in [0.1, 0.15) is 26.7 Å². The van der Waals surface area contributed by atoms with Crippen molar-refractivity contribution in [2.75, 3.05) is 24.7 Å². The predicted octanol–water partition coefficient (Wildman–Crippen LogP) is 0.172. The van der Waals surface area contributed by atoms with Gasteiger partial charge in [-0.15, -0.1) is 0 Å². The predicted molar refractivity (Wildman–Crippen MR) is 60.5 cm³/mol. The molecule has 90 valence electrons. The Labute approximate surface area is 92.0 Å². The van der Waals surface area contributed by atoms with Crippen LogP contribution in [0.25, 0.3) is 0 Å². The van der Waals surface area contributed by atoms with Gasteiger partial charge in [0, 0.05) is 0 Å². The van der Waals surface area contributed by atoms with Crippen LogP contribution in [-0.2, 0) is 9.84 Å². The Hall–Kier alpha value is -0.130. The maximum absolute atomic E-state index is 11.5. The van der Waals surface area contributed by atoms with Gasteiger partial charge in [0.1, 0.15) is 0 Å². The largest absolute Gasteiger partial charge is 0.394 e. The molecule has 0 aromatic carbocycles. The molecule has 0 saturated carbocycles. The second-order valence-corrected chi connectivity index (χ2v) is 7.09. The molecule has 5 heteroatoms. The minimum absolute atomic E-state index is 0.0726. The number of hydrogen-bond donors (Lipinski definition) is 2. The fourth-order valence-corrected chi connectivity index (χ4v) is 3.84. The van der Waals surface area contributed by atoms with Gasteiger partial charge in [-0.05, 0) is 25.3 Å². The van der Waals surface area contributed by atoms with E-state index in [2.05, 4.69) is 19.2 Å². The zero-order valence-electron chi connectivity index (χ0n) is 9.49. The molecule has 0 amide bonds. The average Bonchev–Trinajstić information content (AvgIpc) is 2.13. The van der Waals surface area contributed by atoms with Crippen LogP contribution in [0.5, 0.6) is 0 Å². The quantitative estimate of drug-likeness (QED) is 0.729. The lowest BCUT2D eigenvalue weighted by Gasteiger charge is -2.36. The normalized spacial score (nSPS) is 30.7. The number of aliphatic hydroxyl groups excluding tert-OH is 1. The van der Waals surface area contributed by atoms with E-state index in [1.54, 1.807) is 0 Å². The Morgan fingerprint density at radius 2 is 2.13 bits per heavy atom. The Morgan fingerprint density at radius 3 is 2.60 bits per heavy atom. The standard InChI is InChI=1S/C10H21NO3S/c1-9(2)6-11-10(7-12)4-3-5-15(13,14)8-10/h9,11-12H,3-8H2,1-2H3. The lowest BCUT2D eigenvalue weighted by atomic mass is 9.95. The molecule has 0 spiro atoms. The van der Waals surface area contributed by atoms with Crippen molar-refractivity contribution in [3.05, 3.63) is 0 Å². The molecule has 4 nitrogen and oxygen atoms in total. The lowest BCUT2D eigenvalue weighted by molar-refractivity contribution is 0.160. The van der Waals surface area contributed by atoms with E-state index in [0.29, 0.717) is 12.3 Å². The zero-order valence-corrected chi connectivity index (χ0v) is 10.3. The van der Waals surface area contributed by atoms with Gasteiger partial charge in [0.25, 0.3) is 0 Å². The van der Waals surface area contributed by atoms with Crippen LogP contribution in [0.3, 0.4) is 0 Å². The van der Waals surface area contributed by atoms with Gasteiger partial charge in [-0.3, -0.25) is 0 Å². The molecular weight excluding hydrogens is 214 g/mol. The first kappa shape index (κ1) is 12.9. The van der Waals surface area contributed by atoms with Crippen molar-refractivity contribution < 1.29 is 13.5 Å². The lowest BCUT2D eigenvalue weighted by Crippen LogP contribution is -2.57. The maximum Gasteiger partial charge on any atom is 0.152 e. The number of aliphatic hydroxyl groups is 1. The van der Waals surface area contributed by atoms with Crippen LogP contribution in [0.4, 0.5) is 0 Å². The number of sulfone groups is 1. The summed E-state index contributed by atoms with van der Waals surface area (Å²) >= 11 is 0. The number of hydrogen-bond acceptors (Lipinski definition) is 4. The van der Waals surface area contributed by atoms with Gasteiger partial charge < -0.3 is 10.4 Å². The highest BCUT2D eigenvalue weighted by Gasteiger charge is 2.38. The van der Waals surface area contributed by atoms with Crippen LogP contribution in [-0.4, -0.2) is 43.7 Å². The minimum atomic E-state index is -2.97. The van der Waals surface area contributed by atoms with Crippen molar-refractivity contribution in [3.8, 4) is 0 Å². The van der Waals surface area contributed by atoms with Crippen LogP contribution in [0, 0.1) is 5.92 Å². The van der Waals surface area contributed by atoms with E-state index in [4.69, 9.17) is 0 Å². The molecule has 1 aliphatic heterocycles. The molecular formula is C10H21NO3S. The van der Waals surface area contributed by atoms with E-state index in [-0.39, 0.29) is 18.1 Å². The molecule has 0 aromatic rings. The summed E-state index contributed by atoms with van der Waals surface area (Å²) in [5.74, 6) is 0.791. The number of nitrogens with one attached hydrogen (secondary N) is 1. The monoisotopic (exact) mass is 235 g/mol. The summed E-state index contributed by atoms with van der Waals surface area (Å²) in [6.45, 7) is 4.78. The second-order valence-electron chi connectivity index (χ2n) is 4.91. The van der Waals surface area contributed by atoms with Crippen LogP contribution in [0.2, 0.25) is 0 Å². The minimum Gasteiger partial charge on any atom is -0.394 e. The van der Waals surface area contributed by atoms with Crippen LogP contribution in [0.15, 0.2) is 0 Å². The van der Waals surface area contributed by atoms with Gasteiger partial charge in [-0.2, -0.15) is 0 Å². The van der Waals surface area contributed by atoms with Gasteiger partial charge in [-0.25, -0.2) is 8.42 Å². The third-order valence-electron chi connectivity index (χ3n) is 2.79. The Kier molecular flexibility index (Phi) is 4.14. The molecule has 15 heavy (non-hydrogen) atoms. The molecule has 1 fully saturated rings. The van der Waals surface area contributed by atoms with E-state index in [1.165, 1.54) is 0 Å². The van der Waals surface area contributed by atoms with E-state index < -0.39 is 15.4 Å². The van der Waals surface area contributed by atoms with Gasteiger partial charge in [-0.1, -0.05) is 13.8 Å². The fraction of sp³-hybridized carbons (Fsp3) is 1.00. The van der Waals surface area contributed by atoms with Gasteiger partial charge in [0.05, 0.1) is 23.7 Å². The summed E-state index contributed by atoms with van der Waals surface area (Å²) in [6.07, 6.45) is 1.39. The van der Waals surface area contributed by atoms with Gasteiger partial charge in [0.2, 0.25) is 0 Å². The molecule has 1 unspecified atom stereocenters. The Bertz CT molecular complexity index is 300. The molecule has 0 bridgehead atoms. The van der Waals surface area contributed by atoms with Crippen molar-refractivity contribution in [1.82, 2.24) is 5.32 Å². The highest BCUT2D eigenvalue weighted by Crippen LogP contribution is 2.22. The molecule has 0 radical (unpaired) electrons. The smallest absolute Gasteiger partial charge is 0.152 e. The molecule has 1 saturated heterocycles. The van der Waals surface area contributed by atoms with Gasteiger partial charge in [0.15, 0.2) is 9.84 Å².